The summed E-state index contributed by atoms with van der Waals surface area (Å²) in [6, 6.07) is 8.49. The number of aromatic nitrogens is 2. The smallest absolute Gasteiger partial charge is 0.264 e. The minimum absolute atomic E-state index is 0.0597. The lowest BCUT2D eigenvalue weighted by Crippen LogP contribution is -2.25. The van der Waals surface area contributed by atoms with Gasteiger partial charge in [-0.1, -0.05) is 6.07 Å². The first-order valence-corrected chi connectivity index (χ1v) is 5.98. The summed E-state index contributed by atoms with van der Waals surface area (Å²) in [5.41, 5.74) is -0.146. The van der Waals surface area contributed by atoms with Gasteiger partial charge in [0.05, 0.1) is 4.47 Å². The van der Waals surface area contributed by atoms with Crippen LogP contribution in [0.25, 0.3) is 0 Å². The summed E-state index contributed by atoms with van der Waals surface area (Å²) in [5.74, 6) is 0. The minimum Gasteiger partial charge on any atom is -0.314 e. The molecular weight excluding hydrogens is 284 g/mol. The van der Waals surface area contributed by atoms with E-state index in [0.29, 0.717) is 17.6 Å². The Morgan fingerprint density at radius 2 is 1.65 bits per heavy atom. The summed E-state index contributed by atoms with van der Waals surface area (Å²) in [6.07, 6.45) is 3.42. The van der Waals surface area contributed by atoms with E-state index < -0.39 is 0 Å². The first kappa shape index (κ1) is 11.9. The van der Waals surface area contributed by atoms with Gasteiger partial charge in [-0.3, -0.25) is 9.59 Å². The van der Waals surface area contributed by atoms with Gasteiger partial charge in [-0.05, 0) is 34.1 Å². The van der Waals surface area contributed by atoms with Crippen LogP contribution in [0, 0.1) is 0 Å². The van der Waals surface area contributed by atoms with Gasteiger partial charge in [0.1, 0.15) is 0 Å². The van der Waals surface area contributed by atoms with Crippen LogP contribution in [0.2, 0.25) is 0 Å². The Morgan fingerprint density at radius 1 is 0.941 bits per heavy atom. The molecular formula is C12H11BrN2O2. The Bertz CT molecular complexity index is 631. The van der Waals surface area contributed by atoms with Gasteiger partial charge in [0.25, 0.3) is 11.1 Å². The molecule has 2 aromatic heterocycles. The summed E-state index contributed by atoms with van der Waals surface area (Å²) >= 11 is 3.18. The van der Waals surface area contributed by atoms with Gasteiger partial charge in [0.15, 0.2) is 0 Å². The SMILES string of the molecule is O=c1ccccn1CCn1cccc(Br)c1=O. The molecule has 0 aliphatic heterocycles. The normalized spacial score (nSPS) is 10.4. The monoisotopic (exact) mass is 294 g/mol. The fourth-order valence-electron chi connectivity index (χ4n) is 1.54. The lowest BCUT2D eigenvalue weighted by molar-refractivity contribution is 0.551. The van der Waals surface area contributed by atoms with Crippen molar-refractivity contribution in [1.29, 1.82) is 0 Å². The highest BCUT2D eigenvalue weighted by molar-refractivity contribution is 9.10. The molecule has 0 fully saturated rings. The third kappa shape index (κ3) is 2.74. The number of rotatable bonds is 3. The number of pyridine rings is 2. The number of halogens is 1. The van der Waals surface area contributed by atoms with E-state index in [0.717, 1.165) is 0 Å². The first-order valence-electron chi connectivity index (χ1n) is 5.19. The summed E-state index contributed by atoms with van der Waals surface area (Å²) < 4.78 is 3.68. The van der Waals surface area contributed by atoms with Crippen LogP contribution in [0.3, 0.4) is 0 Å². The highest BCUT2D eigenvalue weighted by Gasteiger charge is 2.00. The fourth-order valence-corrected chi connectivity index (χ4v) is 1.92. The van der Waals surface area contributed by atoms with Gasteiger partial charge in [-0.2, -0.15) is 0 Å². The van der Waals surface area contributed by atoms with Crippen LogP contribution in [-0.4, -0.2) is 9.13 Å². The van der Waals surface area contributed by atoms with Gasteiger partial charge in [-0.15, -0.1) is 0 Å². The van der Waals surface area contributed by atoms with Crippen LogP contribution in [-0.2, 0) is 13.1 Å². The number of aryl methyl sites for hydroxylation is 2. The topological polar surface area (TPSA) is 44.0 Å². The van der Waals surface area contributed by atoms with Gasteiger partial charge in [0.2, 0.25) is 0 Å². The highest BCUT2D eigenvalue weighted by atomic mass is 79.9. The van der Waals surface area contributed by atoms with Crippen molar-refractivity contribution in [2.75, 3.05) is 0 Å². The average Bonchev–Trinajstić information content (AvgIpc) is 2.33. The molecule has 2 aromatic rings. The molecule has 0 atom stereocenters. The van der Waals surface area contributed by atoms with E-state index in [-0.39, 0.29) is 11.1 Å². The second-order valence-corrected chi connectivity index (χ2v) is 4.44. The zero-order valence-electron chi connectivity index (χ0n) is 9.04. The van der Waals surface area contributed by atoms with Gasteiger partial charge in [-0.25, -0.2) is 0 Å². The molecule has 0 amide bonds. The Labute approximate surface area is 106 Å². The quantitative estimate of drug-likeness (QED) is 0.860. The molecule has 0 unspecified atom stereocenters. The van der Waals surface area contributed by atoms with Crippen molar-refractivity contribution < 1.29 is 0 Å². The van der Waals surface area contributed by atoms with Crippen molar-refractivity contribution in [1.82, 2.24) is 9.13 Å². The lowest BCUT2D eigenvalue weighted by atomic mass is 10.4. The van der Waals surface area contributed by atoms with Crippen LogP contribution in [0.1, 0.15) is 0 Å². The molecule has 0 N–H and O–H groups in total. The standard InChI is InChI=1S/C12H11BrN2O2/c13-10-4-3-7-15(12(10)17)9-8-14-6-2-1-5-11(14)16/h1-7H,8-9H2. The fraction of sp³-hybridized carbons (Fsp3) is 0.167. The molecule has 5 heteroatoms. The van der Waals surface area contributed by atoms with E-state index in [1.807, 2.05) is 0 Å². The Kier molecular flexibility index (Phi) is 3.58. The summed E-state index contributed by atoms with van der Waals surface area (Å²) in [4.78, 5) is 23.2. The van der Waals surface area contributed by atoms with Crippen LogP contribution in [0.5, 0.6) is 0 Å². The Balaban J connectivity index is 2.19. The molecule has 0 aliphatic carbocycles. The van der Waals surface area contributed by atoms with Crippen molar-refractivity contribution in [2.45, 2.75) is 13.1 Å². The molecule has 0 spiro atoms. The second kappa shape index (κ2) is 5.14. The van der Waals surface area contributed by atoms with Crippen molar-refractivity contribution in [3.63, 3.8) is 0 Å². The molecule has 0 saturated heterocycles. The average molecular weight is 295 g/mol. The molecule has 0 saturated carbocycles. The molecule has 88 valence electrons. The van der Waals surface area contributed by atoms with Crippen molar-refractivity contribution in [3.8, 4) is 0 Å². The number of nitrogens with zero attached hydrogens (tertiary/aromatic N) is 2. The zero-order chi connectivity index (χ0) is 12.3. The molecule has 4 nitrogen and oxygen atoms in total. The predicted octanol–water partition coefficient (Wildman–Crippen LogP) is 1.47. The molecule has 0 aliphatic rings. The maximum Gasteiger partial charge on any atom is 0.264 e. The summed E-state index contributed by atoms with van der Waals surface area (Å²) in [7, 11) is 0. The zero-order valence-corrected chi connectivity index (χ0v) is 10.6. The summed E-state index contributed by atoms with van der Waals surface area (Å²) in [6.45, 7) is 0.957. The second-order valence-electron chi connectivity index (χ2n) is 3.59. The molecule has 0 bridgehead atoms. The molecule has 17 heavy (non-hydrogen) atoms. The molecule has 2 rings (SSSR count). The highest BCUT2D eigenvalue weighted by Crippen LogP contribution is 2.00. The summed E-state index contributed by atoms with van der Waals surface area (Å²) in [5, 5.41) is 0. The molecule has 2 heterocycles. The Morgan fingerprint density at radius 3 is 2.41 bits per heavy atom. The maximum absolute atomic E-state index is 11.7. The lowest BCUT2D eigenvalue weighted by Gasteiger charge is -2.07. The van der Waals surface area contributed by atoms with Crippen molar-refractivity contribution in [3.05, 3.63) is 67.9 Å². The third-order valence-electron chi connectivity index (χ3n) is 2.45. The maximum atomic E-state index is 11.7. The van der Waals surface area contributed by atoms with E-state index in [1.54, 1.807) is 45.8 Å². The number of hydrogen-bond acceptors (Lipinski definition) is 2. The van der Waals surface area contributed by atoms with Crippen LogP contribution >= 0.6 is 15.9 Å². The van der Waals surface area contributed by atoms with E-state index in [2.05, 4.69) is 15.9 Å². The van der Waals surface area contributed by atoms with Gasteiger partial charge < -0.3 is 9.13 Å². The van der Waals surface area contributed by atoms with E-state index in [9.17, 15) is 9.59 Å². The predicted molar refractivity (Wildman–Crippen MR) is 69.1 cm³/mol. The van der Waals surface area contributed by atoms with Gasteiger partial charge in [0, 0.05) is 31.5 Å². The van der Waals surface area contributed by atoms with Gasteiger partial charge >= 0.3 is 0 Å². The largest absolute Gasteiger partial charge is 0.314 e. The van der Waals surface area contributed by atoms with Crippen LogP contribution in [0.4, 0.5) is 0 Å². The molecule has 0 radical (unpaired) electrons. The van der Waals surface area contributed by atoms with Crippen molar-refractivity contribution >= 4 is 15.9 Å². The van der Waals surface area contributed by atoms with Crippen LogP contribution in [0.15, 0.2) is 56.8 Å². The third-order valence-corrected chi connectivity index (χ3v) is 3.06. The van der Waals surface area contributed by atoms with Crippen molar-refractivity contribution in [2.24, 2.45) is 0 Å². The van der Waals surface area contributed by atoms with Crippen LogP contribution < -0.4 is 11.1 Å². The number of hydrogen-bond donors (Lipinski definition) is 0. The Hall–Kier alpha value is -1.62. The molecule has 0 aromatic carbocycles. The van der Waals surface area contributed by atoms with E-state index in [1.165, 1.54) is 6.07 Å². The first-order chi connectivity index (χ1) is 8.18. The minimum atomic E-state index is -0.0866. The van der Waals surface area contributed by atoms with E-state index in [4.69, 9.17) is 0 Å². The van der Waals surface area contributed by atoms with E-state index >= 15 is 0 Å².